The lowest BCUT2D eigenvalue weighted by atomic mass is 9.89. The minimum absolute atomic E-state index is 0. The van der Waals surface area contributed by atoms with Gasteiger partial charge in [0.2, 0.25) is 17.7 Å². The summed E-state index contributed by atoms with van der Waals surface area (Å²) in [6, 6.07) is 14.8. The highest BCUT2D eigenvalue weighted by Gasteiger charge is 2.52. The number of nitrogens with zero attached hydrogens (tertiary/aromatic N) is 5. The molecule has 0 radical (unpaired) electrons. The van der Waals surface area contributed by atoms with E-state index in [-0.39, 0.29) is 77.8 Å². The molecule has 4 fully saturated rings. The maximum absolute atomic E-state index is 13.6. The second-order valence-corrected chi connectivity index (χ2v) is 16.0. The van der Waals surface area contributed by atoms with E-state index in [9.17, 15) is 24.4 Å². The van der Waals surface area contributed by atoms with Gasteiger partial charge in [-0.2, -0.15) is 5.26 Å². The lowest BCUT2D eigenvalue weighted by Crippen LogP contribution is -2.58. The number of nitrogens with one attached hydrogen (secondary N) is 2. The first kappa shape index (κ1) is 41.5. The average Bonchev–Trinajstić information content (AvgIpc) is 3.29. The second-order valence-electron chi connectivity index (χ2n) is 15.2. The Kier molecular flexibility index (Phi) is 13.4. The van der Waals surface area contributed by atoms with Gasteiger partial charge in [-0.3, -0.25) is 39.2 Å². The van der Waals surface area contributed by atoms with Crippen molar-refractivity contribution in [2.45, 2.75) is 102 Å². The highest BCUT2D eigenvalue weighted by atomic mass is 35.5. The van der Waals surface area contributed by atoms with Crippen molar-refractivity contribution in [1.82, 2.24) is 20.0 Å². The largest absolute Gasteiger partial charge is 0.377 e. The number of rotatable bonds is 10. The van der Waals surface area contributed by atoms with Gasteiger partial charge in [-0.15, -0.1) is 12.4 Å². The van der Waals surface area contributed by atoms with Gasteiger partial charge in [0.15, 0.2) is 5.11 Å². The smallest absolute Gasteiger partial charge is 0.258 e. The molecule has 2 aromatic carbocycles. The number of amides is 4. The molecule has 12 nitrogen and oxygen atoms in total. The van der Waals surface area contributed by atoms with Crippen molar-refractivity contribution in [2.75, 3.05) is 43.0 Å². The molecular formula is C39H49Cl2N7O5S. The number of nitriles is 1. The summed E-state index contributed by atoms with van der Waals surface area (Å²) in [7, 11) is 0. The molecule has 15 heteroatoms. The van der Waals surface area contributed by atoms with Crippen LogP contribution in [0.5, 0.6) is 0 Å². The fourth-order valence-corrected chi connectivity index (χ4v) is 9.12. The van der Waals surface area contributed by atoms with E-state index >= 15 is 0 Å². The topological polar surface area (TPSA) is 138 Å². The summed E-state index contributed by atoms with van der Waals surface area (Å²) in [5.74, 6) is -1.06. The Morgan fingerprint density at radius 3 is 2.31 bits per heavy atom. The van der Waals surface area contributed by atoms with Crippen LogP contribution in [0.4, 0.5) is 11.4 Å². The van der Waals surface area contributed by atoms with Crippen LogP contribution in [0.25, 0.3) is 0 Å². The lowest BCUT2D eigenvalue weighted by Gasteiger charge is -2.44. The first-order valence-electron chi connectivity index (χ1n) is 18.5. The van der Waals surface area contributed by atoms with E-state index in [0.29, 0.717) is 41.5 Å². The fraction of sp³-hybridized carbons (Fsp3) is 0.538. The van der Waals surface area contributed by atoms with Crippen molar-refractivity contribution in [2.24, 2.45) is 0 Å². The monoisotopic (exact) mass is 797 g/mol. The van der Waals surface area contributed by atoms with Crippen LogP contribution in [-0.2, 0) is 23.9 Å². The second kappa shape index (κ2) is 17.4. The zero-order chi connectivity index (χ0) is 38.0. The first-order chi connectivity index (χ1) is 25.3. The van der Waals surface area contributed by atoms with E-state index in [1.54, 1.807) is 35.2 Å². The SMILES string of the molecule is C[C@@H]1CN(CCOC2CCC(N3C(=S)N(c4ccc(C#N)c(Cl)c4)C(=O)C3(C)C)CC2)C[C@H](C)N1CC(=O)Nc1ccc(C2CCC(=O)NC2=O)cc1.Cl. The van der Waals surface area contributed by atoms with Gasteiger partial charge in [-0.1, -0.05) is 23.7 Å². The van der Waals surface area contributed by atoms with Crippen molar-refractivity contribution in [3.8, 4) is 6.07 Å². The van der Waals surface area contributed by atoms with Crippen molar-refractivity contribution in [3.05, 3.63) is 58.6 Å². The molecule has 0 bridgehead atoms. The molecule has 290 valence electrons. The van der Waals surface area contributed by atoms with E-state index in [2.05, 4.69) is 45.3 Å². The van der Waals surface area contributed by atoms with E-state index in [0.717, 1.165) is 50.9 Å². The Bertz CT molecular complexity index is 1780. The molecule has 1 unspecified atom stereocenters. The summed E-state index contributed by atoms with van der Waals surface area (Å²) in [5, 5.41) is 15.4. The Hall–Kier alpha value is -3.64. The highest BCUT2D eigenvalue weighted by Crippen LogP contribution is 2.39. The predicted octanol–water partition coefficient (Wildman–Crippen LogP) is 5.23. The van der Waals surface area contributed by atoms with E-state index in [1.807, 2.05) is 26.0 Å². The summed E-state index contributed by atoms with van der Waals surface area (Å²) in [5.41, 5.74) is 1.61. The van der Waals surface area contributed by atoms with E-state index < -0.39 is 5.54 Å². The van der Waals surface area contributed by atoms with E-state index in [4.69, 9.17) is 28.6 Å². The summed E-state index contributed by atoms with van der Waals surface area (Å²) >= 11 is 12.2. The van der Waals surface area contributed by atoms with Gasteiger partial charge < -0.3 is 15.0 Å². The number of imide groups is 1. The number of carbonyl (C=O) groups excluding carboxylic acids is 4. The molecule has 4 amide bonds. The van der Waals surface area contributed by atoms with Crippen LogP contribution in [0.2, 0.25) is 5.02 Å². The van der Waals surface area contributed by atoms with Gasteiger partial charge in [0.05, 0.1) is 41.4 Å². The van der Waals surface area contributed by atoms with Gasteiger partial charge in [0, 0.05) is 49.9 Å². The molecule has 1 aliphatic carbocycles. The summed E-state index contributed by atoms with van der Waals surface area (Å²) in [6.45, 7) is 11.5. The maximum atomic E-state index is 13.6. The minimum atomic E-state index is -0.809. The van der Waals surface area contributed by atoms with Crippen molar-refractivity contribution in [1.29, 1.82) is 5.26 Å². The number of piperidine rings is 1. The number of ether oxygens (including phenoxy) is 1. The van der Waals surface area contributed by atoms with Crippen LogP contribution in [0.1, 0.15) is 83.3 Å². The van der Waals surface area contributed by atoms with Crippen LogP contribution in [0.3, 0.4) is 0 Å². The molecule has 1 saturated carbocycles. The number of halogens is 2. The van der Waals surface area contributed by atoms with E-state index in [1.165, 1.54) is 0 Å². The summed E-state index contributed by atoms with van der Waals surface area (Å²) in [4.78, 5) is 58.6. The molecule has 4 aliphatic rings. The molecular weight excluding hydrogens is 749 g/mol. The molecule has 3 atom stereocenters. The van der Waals surface area contributed by atoms with Crippen LogP contribution < -0.4 is 15.5 Å². The average molecular weight is 799 g/mol. The molecule has 2 aromatic rings. The third kappa shape index (κ3) is 8.91. The Morgan fingerprint density at radius 1 is 1.04 bits per heavy atom. The van der Waals surface area contributed by atoms with Crippen molar-refractivity contribution in [3.63, 3.8) is 0 Å². The highest BCUT2D eigenvalue weighted by molar-refractivity contribution is 7.80. The summed E-state index contributed by atoms with van der Waals surface area (Å²) in [6.07, 6.45) is 4.45. The lowest BCUT2D eigenvalue weighted by molar-refractivity contribution is -0.134. The third-order valence-corrected chi connectivity index (χ3v) is 11.9. The zero-order valence-electron chi connectivity index (χ0n) is 31.2. The number of carbonyl (C=O) groups is 4. The first-order valence-corrected chi connectivity index (χ1v) is 19.3. The Morgan fingerprint density at radius 2 is 1.70 bits per heavy atom. The van der Waals surface area contributed by atoms with Gasteiger partial charge in [0.1, 0.15) is 11.6 Å². The molecule has 3 aliphatic heterocycles. The zero-order valence-corrected chi connectivity index (χ0v) is 33.6. The molecule has 0 spiro atoms. The maximum Gasteiger partial charge on any atom is 0.258 e. The predicted molar refractivity (Wildman–Crippen MR) is 214 cm³/mol. The van der Waals surface area contributed by atoms with Crippen LogP contribution in [0.15, 0.2) is 42.5 Å². The number of hydrogen-bond acceptors (Lipinski definition) is 9. The van der Waals surface area contributed by atoms with Crippen LogP contribution in [0, 0.1) is 11.3 Å². The fourth-order valence-electron chi connectivity index (χ4n) is 8.34. The number of piperazine rings is 1. The third-order valence-electron chi connectivity index (χ3n) is 11.2. The van der Waals surface area contributed by atoms with Gasteiger partial charge in [0.25, 0.3) is 5.91 Å². The molecule has 54 heavy (non-hydrogen) atoms. The molecule has 3 saturated heterocycles. The van der Waals surface area contributed by atoms with Crippen molar-refractivity contribution >= 4 is 76.3 Å². The number of benzene rings is 2. The molecule has 2 N–H and O–H groups in total. The van der Waals surface area contributed by atoms with Crippen LogP contribution >= 0.6 is 36.2 Å². The molecule has 3 heterocycles. The molecule has 0 aromatic heterocycles. The number of anilines is 2. The minimum Gasteiger partial charge on any atom is -0.377 e. The molecule has 6 rings (SSSR count). The van der Waals surface area contributed by atoms with Gasteiger partial charge in [-0.05, 0) is 108 Å². The number of thiocarbonyl (C=S) groups is 1. The Labute approximate surface area is 333 Å². The Balaban J connectivity index is 0.00000561. The quantitative estimate of drug-likeness (QED) is 0.243. The van der Waals surface area contributed by atoms with Gasteiger partial charge >= 0.3 is 0 Å². The van der Waals surface area contributed by atoms with Crippen LogP contribution in [-0.4, -0.2) is 106 Å². The standard InChI is InChI=1S/C39H48ClN7O5S.ClH/c1-24-21-44(22-25(2)45(24)23-35(49)42-28-8-5-26(6-9-28)32-15-16-34(48)43-36(32)50)17-18-52-31-13-11-29(12-14-31)47-38(53)46(37(51)39(47,3)4)30-10-7-27(20-41)33(40)19-30;/h5-10,19,24-25,29,31-32H,11-18,21-23H2,1-4H3,(H,42,49)(H,43,48,50);1H/t24-,25+,29?,31?,32?;. The normalized spacial score (nSPS) is 26.3. The number of hydrogen-bond donors (Lipinski definition) is 2. The van der Waals surface area contributed by atoms with Gasteiger partial charge in [-0.25, -0.2) is 0 Å². The summed E-state index contributed by atoms with van der Waals surface area (Å²) < 4.78 is 6.38. The van der Waals surface area contributed by atoms with Crippen molar-refractivity contribution < 1.29 is 23.9 Å².